The third-order valence-electron chi connectivity index (χ3n) is 5.77. The minimum atomic E-state index is -1.14. The van der Waals surface area contributed by atoms with Gasteiger partial charge in [-0.15, -0.1) is 10.2 Å². The van der Waals surface area contributed by atoms with Crippen molar-refractivity contribution >= 4 is 63.0 Å². The number of carbonyl (C=O) groups excluding carboxylic acids is 2. The van der Waals surface area contributed by atoms with Gasteiger partial charge in [-0.3, -0.25) is 24.6 Å². The number of Topliss-reactive ketones (excluding diaryl/α,β-unsaturated/α-hetero) is 1. The van der Waals surface area contributed by atoms with Crippen molar-refractivity contribution in [2.24, 2.45) is 0 Å². The first-order valence-corrected chi connectivity index (χ1v) is 13.3. The molecule has 38 heavy (non-hydrogen) atoms. The van der Waals surface area contributed by atoms with Crippen LogP contribution in [0.5, 0.6) is 0 Å². The van der Waals surface area contributed by atoms with Crippen molar-refractivity contribution in [1.29, 1.82) is 0 Å². The first-order chi connectivity index (χ1) is 18.3. The average Bonchev–Trinajstić information content (AvgIpc) is 3.50. The van der Waals surface area contributed by atoms with Gasteiger partial charge in [0.25, 0.3) is 11.5 Å². The maximum absolute atomic E-state index is 13.3. The molecular weight excluding hydrogens is 548 g/mol. The first kappa shape index (κ1) is 25.6. The lowest BCUT2D eigenvalue weighted by molar-refractivity contribution is -0.384. The van der Waals surface area contributed by atoms with Crippen LogP contribution in [0.4, 0.5) is 10.8 Å². The number of aromatic nitrogens is 2. The number of thioether (sulfide) groups is 1. The summed E-state index contributed by atoms with van der Waals surface area (Å²) >= 11 is 8.45. The summed E-state index contributed by atoms with van der Waals surface area (Å²) in [6.45, 7) is 0. The van der Waals surface area contributed by atoms with Crippen molar-refractivity contribution in [3.05, 3.63) is 116 Å². The second-order valence-corrected chi connectivity index (χ2v) is 10.8. The number of non-ortho nitro benzene ring substituents is 1. The molecule has 0 aliphatic carbocycles. The zero-order valence-corrected chi connectivity index (χ0v) is 21.7. The van der Waals surface area contributed by atoms with Crippen molar-refractivity contribution in [3.63, 3.8) is 0 Å². The number of rotatable bonds is 7. The zero-order chi connectivity index (χ0) is 26.8. The summed E-state index contributed by atoms with van der Waals surface area (Å²) in [6.07, 6.45) is 0. The van der Waals surface area contributed by atoms with Crippen molar-refractivity contribution in [2.45, 2.75) is 16.1 Å². The summed E-state index contributed by atoms with van der Waals surface area (Å²) in [7, 11) is 0. The second kappa shape index (κ2) is 10.7. The third-order valence-corrected chi connectivity index (χ3v) is 8.14. The highest BCUT2D eigenvalue weighted by molar-refractivity contribution is 8.00. The molecule has 0 bridgehead atoms. The first-order valence-electron chi connectivity index (χ1n) is 11.1. The molecule has 2 heterocycles. The highest BCUT2D eigenvalue weighted by Crippen LogP contribution is 2.44. The summed E-state index contributed by atoms with van der Waals surface area (Å²) in [5.74, 6) is -1.64. The van der Waals surface area contributed by atoms with Crippen LogP contribution in [0.2, 0.25) is 5.02 Å². The van der Waals surface area contributed by atoms with Crippen LogP contribution in [0.15, 0.2) is 88.8 Å². The van der Waals surface area contributed by atoms with Crippen LogP contribution in [0.1, 0.15) is 22.7 Å². The molecule has 4 aromatic rings. The molecule has 0 spiro atoms. The average molecular weight is 565 g/mol. The van der Waals surface area contributed by atoms with E-state index in [0.29, 0.717) is 20.7 Å². The second-order valence-electron chi connectivity index (χ2n) is 8.15. The number of carbonyl (C=O) groups is 2. The molecule has 1 amide bonds. The van der Waals surface area contributed by atoms with Gasteiger partial charge in [0.15, 0.2) is 4.34 Å². The topological polar surface area (TPSA) is 127 Å². The van der Waals surface area contributed by atoms with Gasteiger partial charge >= 0.3 is 5.91 Å². The van der Waals surface area contributed by atoms with Gasteiger partial charge in [0.2, 0.25) is 5.13 Å². The largest absolute Gasteiger partial charge is 0.507 e. The van der Waals surface area contributed by atoms with Gasteiger partial charge in [-0.25, -0.2) is 0 Å². The summed E-state index contributed by atoms with van der Waals surface area (Å²) in [6, 6.07) is 20.1. The van der Waals surface area contributed by atoms with E-state index >= 15 is 0 Å². The predicted molar refractivity (Wildman–Crippen MR) is 145 cm³/mol. The normalized spacial score (nSPS) is 16.7. The fourth-order valence-electron chi connectivity index (χ4n) is 3.99. The zero-order valence-electron chi connectivity index (χ0n) is 19.4. The van der Waals surface area contributed by atoms with Gasteiger partial charge in [-0.05, 0) is 23.3 Å². The molecule has 190 valence electrons. The Labute approximate surface area is 229 Å². The molecule has 1 N–H and O–H groups in total. The summed E-state index contributed by atoms with van der Waals surface area (Å²) in [4.78, 5) is 38.6. The van der Waals surface area contributed by atoms with Crippen molar-refractivity contribution < 1.29 is 19.6 Å². The number of benzene rings is 3. The Morgan fingerprint density at radius 3 is 2.50 bits per heavy atom. The quantitative estimate of drug-likeness (QED) is 0.0549. The van der Waals surface area contributed by atoms with Gasteiger partial charge in [0.1, 0.15) is 5.76 Å². The number of nitrogens with zero attached hydrogens (tertiary/aromatic N) is 4. The van der Waals surface area contributed by atoms with E-state index in [-0.39, 0.29) is 27.7 Å². The fraction of sp³-hybridized carbons (Fsp3) is 0.0769. The molecule has 1 unspecified atom stereocenters. The van der Waals surface area contributed by atoms with Crippen molar-refractivity contribution in [2.75, 3.05) is 4.90 Å². The Morgan fingerprint density at radius 2 is 1.79 bits per heavy atom. The Morgan fingerprint density at radius 1 is 1.05 bits per heavy atom. The summed E-state index contributed by atoms with van der Waals surface area (Å²) in [5, 5.41) is 31.7. The van der Waals surface area contributed by atoms with E-state index in [4.69, 9.17) is 11.6 Å². The number of ketones is 1. The van der Waals surface area contributed by atoms with Crippen LogP contribution in [0.25, 0.3) is 5.76 Å². The molecule has 1 aromatic heterocycles. The molecule has 1 aliphatic rings. The monoisotopic (exact) mass is 564 g/mol. The van der Waals surface area contributed by atoms with Gasteiger partial charge in [0.05, 0.1) is 16.5 Å². The van der Waals surface area contributed by atoms with Gasteiger partial charge in [-0.2, -0.15) is 0 Å². The highest BCUT2D eigenvalue weighted by Gasteiger charge is 2.48. The van der Waals surface area contributed by atoms with E-state index in [0.717, 1.165) is 21.8 Å². The van der Waals surface area contributed by atoms with Crippen LogP contribution < -0.4 is 4.90 Å². The van der Waals surface area contributed by atoms with E-state index in [1.165, 1.54) is 30.0 Å². The SMILES string of the molecule is O=C1C(=O)N(c2nnc(SCc3ccc(Cl)cc3)s2)C(c2cccc([N+](=O)[O-])c2)/C1=C(/O)c1ccccc1. The number of nitro benzene ring substituents is 1. The Bertz CT molecular complexity index is 1570. The Hall–Kier alpha value is -4.06. The van der Waals surface area contributed by atoms with E-state index < -0.39 is 22.7 Å². The van der Waals surface area contributed by atoms with Crippen LogP contribution in [0, 0.1) is 10.1 Å². The standard InChI is InChI=1S/C26H17ClN4O5S2/c27-18-11-9-15(10-12-18)14-37-26-29-28-25(38-26)30-21(17-7-4-8-19(13-17)31(35)36)20(23(33)24(30)34)22(32)16-5-2-1-3-6-16/h1-13,21,32H,14H2/b22-20-. The molecule has 0 radical (unpaired) electrons. The minimum absolute atomic E-state index is 0.134. The molecule has 5 rings (SSSR count). The molecule has 0 saturated carbocycles. The molecule has 3 aromatic carbocycles. The van der Waals surface area contributed by atoms with E-state index in [1.54, 1.807) is 48.5 Å². The van der Waals surface area contributed by atoms with Crippen LogP contribution in [-0.2, 0) is 15.3 Å². The van der Waals surface area contributed by atoms with Crippen LogP contribution >= 0.6 is 34.7 Å². The lowest BCUT2D eigenvalue weighted by atomic mass is 9.95. The number of aliphatic hydroxyl groups is 1. The van der Waals surface area contributed by atoms with Crippen LogP contribution in [0.3, 0.4) is 0 Å². The number of nitro groups is 1. The molecule has 1 saturated heterocycles. The number of aliphatic hydroxyl groups excluding tert-OH is 1. The molecule has 9 nitrogen and oxygen atoms in total. The van der Waals surface area contributed by atoms with E-state index in [9.17, 15) is 24.8 Å². The molecule has 1 atom stereocenters. The number of anilines is 1. The number of hydrogen-bond donors (Lipinski definition) is 1. The smallest absolute Gasteiger partial charge is 0.301 e. The Kier molecular flexibility index (Phi) is 7.23. The maximum atomic E-state index is 13.3. The number of hydrogen-bond acceptors (Lipinski definition) is 9. The fourth-order valence-corrected chi connectivity index (χ4v) is 5.94. The Balaban J connectivity index is 1.56. The van der Waals surface area contributed by atoms with Crippen molar-refractivity contribution in [1.82, 2.24) is 10.2 Å². The van der Waals surface area contributed by atoms with Crippen LogP contribution in [-0.4, -0.2) is 31.9 Å². The molecule has 1 fully saturated rings. The number of halogens is 1. The molecule has 1 aliphatic heterocycles. The van der Waals surface area contributed by atoms with E-state index in [2.05, 4.69) is 10.2 Å². The van der Waals surface area contributed by atoms with E-state index in [1.807, 2.05) is 12.1 Å². The summed E-state index contributed by atoms with van der Waals surface area (Å²) < 4.78 is 0.553. The molecular formula is C26H17ClN4O5S2. The van der Waals surface area contributed by atoms with Gasteiger partial charge in [0, 0.05) is 28.5 Å². The maximum Gasteiger partial charge on any atom is 0.301 e. The minimum Gasteiger partial charge on any atom is -0.507 e. The summed E-state index contributed by atoms with van der Waals surface area (Å²) in [5.41, 5.74) is 1.21. The third kappa shape index (κ3) is 5.03. The van der Waals surface area contributed by atoms with Crippen molar-refractivity contribution in [3.8, 4) is 0 Å². The molecule has 12 heteroatoms. The van der Waals surface area contributed by atoms with Gasteiger partial charge < -0.3 is 5.11 Å². The lowest BCUT2D eigenvalue weighted by Crippen LogP contribution is -2.29. The predicted octanol–water partition coefficient (Wildman–Crippen LogP) is 6.02. The number of amides is 1. The van der Waals surface area contributed by atoms with Gasteiger partial charge in [-0.1, -0.05) is 89.3 Å². The lowest BCUT2D eigenvalue weighted by Gasteiger charge is -2.22. The highest BCUT2D eigenvalue weighted by atomic mass is 35.5.